The first kappa shape index (κ1) is 12.8. The highest BCUT2D eigenvalue weighted by Crippen LogP contribution is 2.28. The highest BCUT2D eigenvalue weighted by molar-refractivity contribution is 6.30. The second-order valence-electron chi connectivity index (χ2n) is 4.06. The molecule has 0 N–H and O–H groups in total. The number of halogens is 2. The van der Waals surface area contributed by atoms with Gasteiger partial charge < -0.3 is 4.79 Å². The lowest BCUT2D eigenvalue weighted by Crippen LogP contribution is -2.02. The van der Waals surface area contributed by atoms with Crippen molar-refractivity contribution in [3.63, 3.8) is 0 Å². The lowest BCUT2D eigenvalue weighted by molar-refractivity contribution is -0.108. The van der Waals surface area contributed by atoms with Gasteiger partial charge in [0.1, 0.15) is 12.1 Å². The van der Waals surface area contributed by atoms with Crippen molar-refractivity contribution in [3.8, 4) is 0 Å². The highest BCUT2D eigenvalue weighted by atomic mass is 35.5. The van der Waals surface area contributed by atoms with Gasteiger partial charge in [-0.05, 0) is 35.4 Å². The molecule has 2 rings (SSSR count). The molecule has 2 aromatic carbocycles. The zero-order valence-electron chi connectivity index (χ0n) is 9.64. The highest BCUT2D eigenvalue weighted by Gasteiger charge is 2.14. The predicted octanol–water partition coefficient (Wildman–Crippen LogP) is 4.20. The maximum absolute atomic E-state index is 13.2. The Morgan fingerprint density at radius 2 is 1.83 bits per heavy atom. The Labute approximate surface area is 110 Å². The van der Waals surface area contributed by atoms with Crippen molar-refractivity contribution in [1.82, 2.24) is 0 Å². The molecule has 0 bridgehead atoms. The average molecular weight is 263 g/mol. The minimum absolute atomic E-state index is 0.129. The number of carbonyl (C=O) groups excluding carboxylic acids is 1. The Bertz CT molecular complexity index is 536. The zero-order chi connectivity index (χ0) is 13.0. The Morgan fingerprint density at radius 3 is 2.44 bits per heavy atom. The van der Waals surface area contributed by atoms with E-state index < -0.39 is 0 Å². The van der Waals surface area contributed by atoms with Gasteiger partial charge in [0.15, 0.2) is 0 Å². The molecule has 0 amide bonds. The maximum atomic E-state index is 13.2. The van der Waals surface area contributed by atoms with Gasteiger partial charge in [-0.2, -0.15) is 0 Å². The van der Waals surface area contributed by atoms with Crippen molar-refractivity contribution in [1.29, 1.82) is 0 Å². The third kappa shape index (κ3) is 2.96. The quantitative estimate of drug-likeness (QED) is 0.755. The zero-order valence-corrected chi connectivity index (χ0v) is 10.4. The van der Waals surface area contributed by atoms with Crippen LogP contribution in [0.25, 0.3) is 0 Å². The molecule has 1 unspecified atom stereocenters. The maximum Gasteiger partial charge on any atom is 0.123 e. The molecular weight excluding hydrogens is 251 g/mol. The molecule has 1 atom stereocenters. The first-order chi connectivity index (χ1) is 8.70. The van der Waals surface area contributed by atoms with Crippen LogP contribution in [0.15, 0.2) is 48.5 Å². The Morgan fingerprint density at radius 1 is 1.11 bits per heavy atom. The molecule has 0 aliphatic rings. The van der Waals surface area contributed by atoms with Gasteiger partial charge in [-0.3, -0.25) is 0 Å². The third-order valence-corrected chi connectivity index (χ3v) is 3.11. The summed E-state index contributed by atoms with van der Waals surface area (Å²) < 4.78 is 13.2. The largest absolute Gasteiger partial charge is 0.303 e. The summed E-state index contributed by atoms with van der Waals surface area (Å²) in [4.78, 5) is 10.8. The number of aldehydes is 1. The minimum atomic E-state index is -0.294. The van der Waals surface area contributed by atoms with Crippen molar-refractivity contribution < 1.29 is 9.18 Å². The van der Waals surface area contributed by atoms with E-state index in [1.807, 2.05) is 18.2 Å². The van der Waals surface area contributed by atoms with Crippen LogP contribution in [0.3, 0.4) is 0 Å². The number of benzene rings is 2. The van der Waals surface area contributed by atoms with Gasteiger partial charge >= 0.3 is 0 Å². The summed E-state index contributed by atoms with van der Waals surface area (Å²) in [5.74, 6) is -0.423. The fourth-order valence-electron chi connectivity index (χ4n) is 1.98. The van der Waals surface area contributed by atoms with Gasteiger partial charge in [0.25, 0.3) is 0 Å². The Kier molecular flexibility index (Phi) is 4.11. The van der Waals surface area contributed by atoms with Crippen LogP contribution in [0.2, 0.25) is 5.02 Å². The summed E-state index contributed by atoms with van der Waals surface area (Å²) in [5.41, 5.74) is 1.75. The third-order valence-electron chi connectivity index (χ3n) is 2.86. The lowest BCUT2D eigenvalue weighted by atomic mass is 9.89. The number of hydrogen-bond acceptors (Lipinski definition) is 1. The van der Waals surface area contributed by atoms with Crippen LogP contribution in [-0.4, -0.2) is 6.29 Å². The van der Waals surface area contributed by atoms with Crippen LogP contribution in [-0.2, 0) is 4.79 Å². The van der Waals surface area contributed by atoms with Gasteiger partial charge in [-0.25, -0.2) is 4.39 Å². The first-order valence-corrected chi connectivity index (χ1v) is 6.03. The number of rotatable bonds is 4. The molecule has 0 aliphatic heterocycles. The van der Waals surface area contributed by atoms with E-state index in [2.05, 4.69) is 0 Å². The van der Waals surface area contributed by atoms with Crippen LogP contribution in [0.5, 0.6) is 0 Å². The molecule has 0 spiro atoms. The predicted molar refractivity (Wildman–Crippen MR) is 70.4 cm³/mol. The molecule has 0 radical (unpaired) electrons. The van der Waals surface area contributed by atoms with Crippen LogP contribution >= 0.6 is 11.6 Å². The van der Waals surface area contributed by atoms with Gasteiger partial charge in [0.05, 0.1) is 0 Å². The van der Waals surface area contributed by atoms with Crippen molar-refractivity contribution >= 4 is 17.9 Å². The van der Waals surface area contributed by atoms with Crippen LogP contribution in [0, 0.1) is 5.82 Å². The second-order valence-corrected chi connectivity index (χ2v) is 4.50. The van der Waals surface area contributed by atoms with Gasteiger partial charge in [0.2, 0.25) is 0 Å². The molecular formula is C15H12ClFO. The smallest absolute Gasteiger partial charge is 0.123 e. The lowest BCUT2D eigenvalue weighted by Gasteiger charge is -2.15. The van der Waals surface area contributed by atoms with E-state index in [1.165, 1.54) is 12.1 Å². The molecule has 0 aromatic heterocycles. The molecule has 92 valence electrons. The molecule has 1 nitrogen and oxygen atoms in total. The number of carbonyl (C=O) groups is 1. The van der Waals surface area contributed by atoms with Crippen molar-refractivity contribution in [2.24, 2.45) is 0 Å². The van der Waals surface area contributed by atoms with E-state index in [4.69, 9.17) is 11.6 Å². The van der Waals surface area contributed by atoms with Crippen LogP contribution in [0.4, 0.5) is 4.39 Å². The van der Waals surface area contributed by atoms with Crippen LogP contribution in [0.1, 0.15) is 23.5 Å². The summed E-state index contributed by atoms with van der Waals surface area (Å²) in [6.45, 7) is 0. The molecule has 0 saturated carbocycles. The van der Waals surface area contributed by atoms with E-state index >= 15 is 0 Å². The van der Waals surface area contributed by atoms with E-state index in [9.17, 15) is 9.18 Å². The fraction of sp³-hybridized carbons (Fsp3) is 0.133. The molecule has 0 heterocycles. The molecule has 0 fully saturated rings. The summed E-state index contributed by atoms with van der Waals surface area (Å²) in [7, 11) is 0. The minimum Gasteiger partial charge on any atom is -0.303 e. The molecule has 18 heavy (non-hydrogen) atoms. The summed E-state index contributed by atoms with van der Waals surface area (Å²) in [6.07, 6.45) is 1.18. The van der Waals surface area contributed by atoms with Crippen molar-refractivity contribution in [3.05, 3.63) is 70.5 Å². The van der Waals surface area contributed by atoms with E-state index in [-0.39, 0.29) is 11.7 Å². The number of hydrogen-bond donors (Lipinski definition) is 0. The topological polar surface area (TPSA) is 17.1 Å². The summed E-state index contributed by atoms with van der Waals surface area (Å²) in [5, 5.41) is 0.642. The fourth-order valence-corrected chi connectivity index (χ4v) is 2.11. The molecule has 2 aromatic rings. The van der Waals surface area contributed by atoms with E-state index in [0.717, 1.165) is 17.4 Å². The summed E-state index contributed by atoms with van der Waals surface area (Å²) >= 11 is 5.84. The Hall–Kier alpha value is -1.67. The average Bonchev–Trinajstić information content (AvgIpc) is 2.37. The normalized spacial score (nSPS) is 12.1. The van der Waals surface area contributed by atoms with Crippen molar-refractivity contribution in [2.75, 3.05) is 0 Å². The van der Waals surface area contributed by atoms with Gasteiger partial charge in [-0.15, -0.1) is 0 Å². The molecule has 0 aliphatic carbocycles. The molecule has 0 saturated heterocycles. The first-order valence-electron chi connectivity index (χ1n) is 5.65. The molecule has 3 heteroatoms. The monoisotopic (exact) mass is 262 g/mol. The van der Waals surface area contributed by atoms with Gasteiger partial charge in [-0.1, -0.05) is 35.9 Å². The van der Waals surface area contributed by atoms with E-state index in [1.54, 1.807) is 18.2 Å². The SMILES string of the molecule is O=CCC(c1ccc(Cl)cc1)c1cccc(F)c1. The van der Waals surface area contributed by atoms with Crippen LogP contribution < -0.4 is 0 Å². The second kappa shape index (κ2) is 5.78. The van der Waals surface area contributed by atoms with Crippen molar-refractivity contribution in [2.45, 2.75) is 12.3 Å². The van der Waals surface area contributed by atoms with Gasteiger partial charge in [0, 0.05) is 17.4 Å². The standard InChI is InChI=1S/C15H12ClFO/c16-13-6-4-11(5-7-13)15(8-9-18)12-2-1-3-14(17)10-12/h1-7,9-10,15H,8H2. The Balaban J connectivity index is 2.39. The summed E-state index contributed by atoms with van der Waals surface area (Å²) in [6, 6.07) is 13.6. The van der Waals surface area contributed by atoms with E-state index in [0.29, 0.717) is 11.4 Å².